The van der Waals surface area contributed by atoms with Crippen molar-refractivity contribution in [2.24, 2.45) is 27.1 Å². The van der Waals surface area contributed by atoms with E-state index in [4.69, 9.17) is 0 Å². The van der Waals surface area contributed by atoms with Crippen LogP contribution in [0.2, 0.25) is 0 Å². The van der Waals surface area contributed by atoms with Crippen LogP contribution in [0, 0.1) is 27.1 Å². The van der Waals surface area contributed by atoms with E-state index in [1.807, 2.05) is 0 Å². The number of allylic oxidation sites excluding steroid dienone is 4. The molecule has 0 heterocycles. The van der Waals surface area contributed by atoms with Gasteiger partial charge in [0.25, 0.3) is 0 Å². The molecule has 0 aliphatic carbocycles. The van der Waals surface area contributed by atoms with Crippen LogP contribution in [0.1, 0.15) is 118 Å². The lowest BCUT2D eigenvalue weighted by Crippen LogP contribution is -2.35. The Labute approximate surface area is 167 Å². The van der Waals surface area contributed by atoms with Crippen LogP contribution in [-0.2, 0) is 0 Å². The summed E-state index contributed by atoms with van der Waals surface area (Å²) < 4.78 is 0. The quantitative estimate of drug-likeness (QED) is 0.436. The molecular weight excluding hydrogens is 312 g/mol. The average molecular weight is 365 g/mol. The maximum Gasteiger partial charge on any atom is 0.00640 e. The summed E-state index contributed by atoms with van der Waals surface area (Å²) in [5.74, 6) is 0. The van der Waals surface area contributed by atoms with Crippen LogP contribution in [0.4, 0.5) is 0 Å². The lowest BCUT2D eigenvalue weighted by molar-refractivity contribution is 0.170. The molecule has 0 aliphatic heterocycles. The van der Waals surface area contributed by atoms with Crippen molar-refractivity contribution in [1.82, 2.24) is 0 Å². The SMILES string of the molecule is C.CC(=C(C)C(C)(C)C(C)(C)C)C(C)(C)C(C)=C(C)C(C)(C)C(C)(C)C. The minimum atomic E-state index is 0. The Hall–Kier alpha value is -0.520. The molecular formula is C26H52. The van der Waals surface area contributed by atoms with Gasteiger partial charge in [-0.3, -0.25) is 0 Å². The molecule has 156 valence electrons. The minimum Gasteiger partial charge on any atom is -0.0776 e. The summed E-state index contributed by atoms with van der Waals surface area (Å²) in [6, 6.07) is 0. The van der Waals surface area contributed by atoms with Crippen LogP contribution in [0.25, 0.3) is 0 Å². The maximum atomic E-state index is 2.40. The Morgan fingerprint density at radius 1 is 0.385 bits per heavy atom. The summed E-state index contributed by atoms with van der Waals surface area (Å²) in [6.07, 6.45) is 0. The molecule has 0 nitrogen and oxygen atoms in total. The molecule has 0 saturated heterocycles. The van der Waals surface area contributed by atoms with Crippen LogP contribution in [-0.4, -0.2) is 0 Å². The van der Waals surface area contributed by atoms with Crippen molar-refractivity contribution in [2.45, 2.75) is 118 Å². The summed E-state index contributed by atoms with van der Waals surface area (Å²) >= 11 is 0. The second-order valence-corrected chi connectivity index (χ2v) is 11.9. The van der Waals surface area contributed by atoms with Crippen LogP contribution >= 0.6 is 0 Å². The van der Waals surface area contributed by atoms with Crippen LogP contribution < -0.4 is 0 Å². The second-order valence-electron chi connectivity index (χ2n) is 11.9. The first-order valence-corrected chi connectivity index (χ1v) is 10.0. The number of rotatable bonds is 4. The fourth-order valence-corrected chi connectivity index (χ4v) is 3.28. The molecule has 0 aromatic rings. The second kappa shape index (κ2) is 7.84. The van der Waals surface area contributed by atoms with Gasteiger partial charge in [0.1, 0.15) is 0 Å². The summed E-state index contributed by atoms with van der Waals surface area (Å²) in [5.41, 5.74) is 7.00. The summed E-state index contributed by atoms with van der Waals surface area (Å²) in [4.78, 5) is 0. The predicted molar refractivity (Wildman–Crippen MR) is 124 cm³/mol. The van der Waals surface area contributed by atoms with E-state index in [0.717, 1.165) is 0 Å². The van der Waals surface area contributed by atoms with E-state index in [0.29, 0.717) is 0 Å². The van der Waals surface area contributed by atoms with Crippen LogP contribution in [0.15, 0.2) is 22.3 Å². The van der Waals surface area contributed by atoms with Crippen molar-refractivity contribution < 1.29 is 0 Å². The molecule has 0 rings (SSSR count). The van der Waals surface area contributed by atoms with Gasteiger partial charge in [0.05, 0.1) is 0 Å². The maximum absolute atomic E-state index is 2.40. The molecule has 0 fully saturated rings. The third-order valence-corrected chi connectivity index (χ3v) is 8.62. The van der Waals surface area contributed by atoms with Gasteiger partial charge in [0, 0.05) is 5.41 Å². The van der Waals surface area contributed by atoms with Gasteiger partial charge in [0.2, 0.25) is 0 Å². The van der Waals surface area contributed by atoms with Gasteiger partial charge in [-0.25, -0.2) is 0 Å². The molecule has 0 aliphatic rings. The Morgan fingerprint density at radius 3 is 0.731 bits per heavy atom. The smallest absolute Gasteiger partial charge is 0.00640 e. The zero-order chi connectivity index (χ0) is 20.8. The van der Waals surface area contributed by atoms with Gasteiger partial charge in [0.15, 0.2) is 0 Å². The van der Waals surface area contributed by atoms with Crippen molar-refractivity contribution in [3.63, 3.8) is 0 Å². The fraction of sp³-hybridized carbons (Fsp3) is 0.846. The summed E-state index contributed by atoms with van der Waals surface area (Å²) in [6.45, 7) is 37.9. The Kier molecular flexibility index (Phi) is 8.36. The highest BCUT2D eigenvalue weighted by atomic mass is 14.4. The third kappa shape index (κ3) is 4.85. The fourth-order valence-electron chi connectivity index (χ4n) is 3.28. The highest BCUT2D eigenvalue weighted by Gasteiger charge is 2.40. The Bertz CT molecular complexity index is 496. The monoisotopic (exact) mass is 364 g/mol. The first-order valence-electron chi connectivity index (χ1n) is 10.0. The molecule has 0 N–H and O–H groups in total. The van der Waals surface area contributed by atoms with Crippen molar-refractivity contribution in [1.29, 1.82) is 0 Å². The van der Waals surface area contributed by atoms with E-state index in [-0.39, 0.29) is 34.5 Å². The van der Waals surface area contributed by atoms with Gasteiger partial charge in [-0.15, -0.1) is 0 Å². The first-order chi connectivity index (χ1) is 10.6. The predicted octanol–water partition coefficient (Wildman–Crippen LogP) is 9.47. The molecule has 0 radical (unpaired) electrons. The average Bonchev–Trinajstić information content (AvgIpc) is 2.41. The van der Waals surface area contributed by atoms with Gasteiger partial charge in [-0.05, 0) is 49.4 Å². The minimum absolute atomic E-state index is 0. The molecule has 0 aromatic heterocycles. The van der Waals surface area contributed by atoms with E-state index in [1.165, 1.54) is 22.3 Å². The van der Waals surface area contributed by atoms with Crippen LogP contribution in [0.5, 0.6) is 0 Å². The summed E-state index contributed by atoms with van der Waals surface area (Å²) in [5, 5.41) is 0. The summed E-state index contributed by atoms with van der Waals surface area (Å²) in [7, 11) is 0. The largest absolute Gasteiger partial charge is 0.0776 e. The highest BCUT2D eigenvalue weighted by molar-refractivity contribution is 5.35. The zero-order valence-corrected chi connectivity index (χ0v) is 20.5. The molecule has 0 heteroatoms. The standard InChI is InChI=1S/C25H48.CH4/c1-17(19(3)24(13,14)21(5,6)7)23(11,12)18(2)20(4)25(15,16)22(8,9)10;/h1-16H3;1H4. The highest BCUT2D eigenvalue weighted by Crippen LogP contribution is 2.51. The Morgan fingerprint density at radius 2 is 0.577 bits per heavy atom. The van der Waals surface area contributed by atoms with E-state index in [9.17, 15) is 0 Å². The van der Waals surface area contributed by atoms with E-state index < -0.39 is 0 Å². The lowest BCUT2D eigenvalue weighted by atomic mass is 9.59. The van der Waals surface area contributed by atoms with Gasteiger partial charge in [-0.1, -0.05) is 113 Å². The molecule has 26 heavy (non-hydrogen) atoms. The normalized spacial score (nSPS) is 16.6. The van der Waals surface area contributed by atoms with E-state index >= 15 is 0 Å². The molecule has 0 spiro atoms. The molecule has 0 bridgehead atoms. The molecule has 0 atom stereocenters. The van der Waals surface area contributed by atoms with Gasteiger partial charge >= 0.3 is 0 Å². The van der Waals surface area contributed by atoms with Crippen molar-refractivity contribution in [3.8, 4) is 0 Å². The van der Waals surface area contributed by atoms with E-state index in [1.54, 1.807) is 0 Å². The number of hydrogen-bond donors (Lipinski definition) is 0. The molecule has 0 aromatic carbocycles. The zero-order valence-electron chi connectivity index (χ0n) is 20.5. The van der Waals surface area contributed by atoms with Crippen LogP contribution in [0.3, 0.4) is 0 Å². The van der Waals surface area contributed by atoms with Crippen molar-refractivity contribution in [3.05, 3.63) is 22.3 Å². The van der Waals surface area contributed by atoms with Crippen molar-refractivity contribution >= 4 is 0 Å². The molecule has 0 unspecified atom stereocenters. The van der Waals surface area contributed by atoms with Crippen molar-refractivity contribution in [2.75, 3.05) is 0 Å². The number of hydrogen-bond acceptors (Lipinski definition) is 0. The van der Waals surface area contributed by atoms with Gasteiger partial charge < -0.3 is 0 Å². The third-order valence-electron chi connectivity index (χ3n) is 8.62. The molecule has 0 amide bonds. The topological polar surface area (TPSA) is 0 Å². The molecule has 0 saturated carbocycles. The van der Waals surface area contributed by atoms with E-state index in [2.05, 4.69) is 111 Å². The van der Waals surface area contributed by atoms with Gasteiger partial charge in [-0.2, -0.15) is 0 Å². The lowest BCUT2D eigenvalue weighted by Gasteiger charge is -2.46. The first kappa shape index (κ1) is 27.7. The Balaban J connectivity index is 0.